The van der Waals surface area contributed by atoms with E-state index in [2.05, 4.69) is 0 Å². The molecule has 0 aliphatic heterocycles. The zero-order valence-corrected chi connectivity index (χ0v) is 6.92. The minimum atomic E-state index is 0.187. The molecule has 0 amide bonds. The Hall–Kier alpha value is -0.240. The van der Waals surface area contributed by atoms with Crippen LogP contribution in [-0.2, 0) is 4.79 Å². The van der Waals surface area contributed by atoms with Gasteiger partial charge in [0.1, 0.15) is 0 Å². The fourth-order valence-corrected chi connectivity index (χ4v) is 1.17. The number of hydrogen-bond donors (Lipinski definition) is 0. The molecule has 0 rings (SSSR count). The van der Waals surface area contributed by atoms with Crippen LogP contribution in [0.3, 0.4) is 0 Å². The lowest BCUT2D eigenvalue weighted by molar-refractivity contribution is -0.113. The molecule has 0 unspecified atom stereocenters. The maximum atomic E-state index is 10.7. The summed E-state index contributed by atoms with van der Waals surface area (Å²) in [5, 5.41) is 1.91. The molecular formula is C7H12OS. The molecular weight excluding hydrogens is 132 g/mol. The Labute approximate surface area is 60.5 Å². The highest BCUT2D eigenvalue weighted by Crippen LogP contribution is 2.07. The second kappa shape index (κ2) is 4.62. The van der Waals surface area contributed by atoms with Crippen LogP contribution in [0.25, 0.3) is 0 Å². The molecule has 52 valence electrons. The Morgan fingerprint density at radius 3 is 2.33 bits per heavy atom. The van der Waals surface area contributed by atoms with Gasteiger partial charge in [-0.15, -0.1) is 11.8 Å². The molecule has 0 aliphatic rings. The molecule has 0 saturated carbocycles. The zero-order chi connectivity index (χ0) is 7.28. The van der Waals surface area contributed by atoms with E-state index in [9.17, 15) is 4.79 Å². The molecule has 0 aromatic rings. The summed E-state index contributed by atoms with van der Waals surface area (Å²) in [6.07, 6.45) is 2.80. The summed E-state index contributed by atoms with van der Waals surface area (Å²) >= 11 is 1.58. The molecule has 9 heavy (non-hydrogen) atoms. The van der Waals surface area contributed by atoms with Crippen molar-refractivity contribution in [2.24, 2.45) is 0 Å². The highest BCUT2D eigenvalue weighted by Gasteiger charge is 1.97. The SMILES string of the molecule is CCC(=CSC)C(C)=O. The molecule has 1 nitrogen and oxygen atoms in total. The quantitative estimate of drug-likeness (QED) is 0.565. The van der Waals surface area contributed by atoms with Gasteiger partial charge in [-0.2, -0.15) is 0 Å². The van der Waals surface area contributed by atoms with Crippen LogP contribution in [0.5, 0.6) is 0 Å². The predicted octanol–water partition coefficient (Wildman–Crippen LogP) is 2.23. The second-order valence-electron chi connectivity index (χ2n) is 1.79. The van der Waals surface area contributed by atoms with Crippen molar-refractivity contribution < 1.29 is 4.79 Å². The van der Waals surface area contributed by atoms with Crippen molar-refractivity contribution >= 4 is 17.5 Å². The van der Waals surface area contributed by atoms with E-state index in [1.807, 2.05) is 18.6 Å². The molecule has 2 heteroatoms. The summed E-state index contributed by atoms with van der Waals surface area (Å²) in [5.74, 6) is 0.187. The summed E-state index contributed by atoms with van der Waals surface area (Å²) < 4.78 is 0. The van der Waals surface area contributed by atoms with Crippen LogP contribution >= 0.6 is 11.8 Å². The lowest BCUT2D eigenvalue weighted by atomic mass is 10.2. The monoisotopic (exact) mass is 144 g/mol. The van der Waals surface area contributed by atoms with Crippen molar-refractivity contribution in [1.29, 1.82) is 0 Å². The van der Waals surface area contributed by atoms with Crippen LogP contribution in [0, 0.1) is 0 Å². The average molecular weight is 144 g/mol. The van der Waals surface area contributed by atoms with Crippen LogP contribution in [-0.4, -0.2) is 12.0 Å². The number of carbonyl (C=O) groups is 1. The van der Waals surface area contributed by atoms with Gasteiger partial charge in [-0.1, -0.05) is 6.92 Å². The fourth-order valence-electron chi connectivity index (χ4n) is 0.558. The van der Waals surface area contributed by atoms with E-state index in [0.717, 1.165) is 12.0 Å². The van der Waals surface area contributed by atoms with E-state index in [1.54, 1.807) is 18.7 Å². The molecule has 0 atom stereocenters. The molecule has 0 heterocycles. The van der Waals surface area contributed by atoms with Gasteiger partial charge in [0.2, 0.25) is 0 Å². The number of rotatable bonds is 3. The zero-order valence-electron chi connectivity index (χ0n) is 6.10. The van der Waals surface area contributed by atoms with Crippen LogP contribution in [0.15, 0.2) is 11.0 Å². The lowest BCUT2D eigenvalue weighted by Crippen LogP contribution is -1.92. The largest absolute Gasteiger partial charge is 0.295 e. The number of ketones is 1. The molecule has 0 N–H and O–H groups in total. The van der Waals surface area contributed by atoms with Gasteiger partial charge < -0.3 is 0 Å². The Morgan fingerprint density at radius 2 is 2.22 bits per heavy atom. The van der Waals surface area contributed by atoms with Crippen molar-refractivity contribution in [2.45, 2.75) is 20.3 Å². The molecule has 0 bridgehead atoms. The molecule has 0 aromatic heterocycles. The van der Waals surface area contributed by atoms with E-state index in [1.165, 1.54) is 0 Å². The third-order valence-corrected chi connectivity index (χ3v) is 1.61. The van der Waals surface area contributed by atoms with Gasteiger partial charge >= 0.3 is 0 Å². The maximum Gasteiger partial charge on any atom is 0.156 e. The molecule has 0 fully saturated rings. The Bertz CT molecular complexity index is 127. The van der Waals surface area contributed by atoms with Crippen LogP contribution in [0.1, 0.15) is 20.3 Å². The van der Waals surface area contributed by atoms with Crippen molar-refractivity contribution in [1.82, 2.24) is 0 Å². The predicted molar refractivity (Wildman–Crippen MR) is 42.6 cm³/mol. The lowest BCUT2D eigenvalue weighted by Gasteiger charge is -1.94. The number of hydrogen-bond acceptors (Lipinski definition) is 2. The van der Waals surface area contributed by atoms with E-state index in [4.69, 9.17) is 0 Å². The molecule has 0 aromatic carbocycles. The first-order valence-corrected chi connectivity index (χ1v) is 4.24. The van der Waals surface area contributed by atoms with Gasteiger partial charge in [0.05, 0.1) is 0 Å². The third-order valence-electron chi connectivity index (χ3n) is 1.09. The first-order chi connectivity index (χ1) is 4.22. The molecule has 0 saturated heterocycles. The number of carbonyl (C=O) groups excluding carboxylic acids is 1. The van der Waals surface area contributed by atoms with Gasteiger partial charge in [-0.3, -0.25) is 4.79 Å². The maximum absolute atomic E-state index is 10.7. The van der Waals surface area contributed by atoms with Gasteiger partial charge in [-0.05, 0) is 25.0 Å². The van der Waals surface area contributed by atoms with Crippen molar-refractivity contribution in [3.05, 3.63) is 11.0 Å². The molecule has 0 radical (unpaired) electrons. The molecule has 0 aliphatic carbocycles. The van der Waals surface area contributed by atoms with Crippen LogP contribution in [0.4, 0.5) is 0 Å². The summed E-state index contributed by atoms with van der Waals surface area (Å²) in [5.41, 5.74) is 0.919. The van der Waals surface area contributed by atoms with Crippen LogP contribution in [0.2, 0.25) is 0 Å². The Morgan fingerprint density at radius 1 is 1.67 bits per heavy atom. The van der Waals surface area contributed by atoms with E-state index in [0.29, 0.717) is 0 Å². The number of allylic oxidation sites excluding steroid dienone is 1. The number of thioether (sulfide) groups is 1. The van der Waals surface area contributed by atoms with Gasteiger partial charge in [0, 0.05) is 5.57 Å². The fraction of sp³-hybridized carbons (Fsp3) is 0.571. The minimum absolute atomic E-state index is 0.187. The Kier molecular flexibility index (Phi) is 4.50. The third kappa shape index (κ3) is 3.36. The smallest absolute Gasteiger partial charge is 0.156 e. The normalized spacial score (nSPS) is 11.7. The van der Waals surface area contributed by atoms with Gasteiger partial charge in [-0.25, -0.2) is 0 Å². The molecule has 0 spiro atoms. The summed E-state index contributed by atoms with van der Waals surface area (Å²) in [6.45, 7) is 3.59. The van der Waals surface area contributed by atoms with E-state index < -0.39 is 0 Å². The van der Waals surface area contributed by atoms with E-state index in [-0.39, 0.29) is 5.78 Å². The van der Waals surface area contributed by atoms with Crippen molar-refractivity contribution in [3.63, 3.8) is 0 Å². The standard InChI is InChI=1S/C7H12OS/c1-4-7(5-9-3)6(2)8/h5H,4H2,1-3H3. The first kappa shape index (κ1) is 8.76. The number of Topliss-reactive ketones (excluding diaryl/α,β-unsaturated/α-hetero) is 1. The van der Waals surface area contributed by atoms with Crippen LogP contribution < -0.4 is 0 Å². The minimum Gasteiger partial charge on any atom is -0.295 e. The van der Waals surface area contributed by atoms with Crippen molar-refractivity contribution in [3.8, 4) is 0 Å². The van der Waals surface area contributed by atoms with Gasteiger partial charge in [0.25, 0.3) is 0 Å². The first-order valence-electron chi connectivity index (χ1n) is 2.95. The second-order valence-corrected chi connectivity index (χ2v) is 2.50. The highest BCUT2D eigenvalue weighted by molar-refractivity contribution is 8.01. The van der Waals surface area contributed by atoms with Gasteiger partial charge in [0.15, 0.2) is 5.78 Å². The van der Waals surface area contributed by atoms with Crippen molar-refractivity contribution in [2.75, 3.05) is 6.26 Å². The topological polar surface area (TPSA) is 17.1 Å². The van der Waals surface area contributed by atoms with E-state index >= 15 is 0 Å². The summed E-state index contributed by atoms with van der Waals surface area (Å²) in [7, 11) is 0. The average Bonchev–Trinajstić information content (AvgIpc) is 1.82. The summed E-state index contributed by atoms with van der Waals surface area (Å²) in [4.78, 5) is 10.7. The Balaban J connectivity index is 3.98. The highest BCUT2D eigenvalue weighted by atomic mass is 32.2. The summed E-state index contributed by atoms with van der Waals surface area (Å²) in [6, 6.07) is 0.